The van der Waals surface area contributed by atoms with E-state index >= 15 is 0 Å². The minimum absolute atomic E-state index is 0.0450. The van der Waals surface area contributed by atoms with Crippen molar-refractivity contribution in [3.63, 3.8) is 0 Å². The van der Waals surface area contributed by atoms with Crippen LogP contribution in [0.2, 0.25) is 0 Å². The molecule has 1 N–H and O–H groups in total. The van der Waals surface area contributed by atoms with Crippen molar-refractivity contribution >= 4 is 43.5 Å². The van der Waals surface area contributed by atoms with Crippen LogP contribution in [0.25, 0.3) is 0 Å². The molecule has 220 valence electrons. The van der Waals surface area contributed by atoms with Crippen molar-refractivity contribution in [1.29, 1.82) is 0 Å². The Bertz CT molecular complexity index is 1370. The molecule has 0 aliphatic heterocycles. The fraction of sp³-hybridized carbons (Fsp3) is 0.355. The molecule has 8 nitrogen and oxygen atoms in total. The quantitative estimate of drug-likeness (QED) is 0.223. The molecule has 0 aromatic heterocycles. The fourth-order valence-electron chi connectivity index (χ4n) is 4.24. The maximum Gasteiger partial charge on any atom is 0.264 e. The summed E-state index contributed by atoms with van der Waals surface area (Å²) in [6, 6.07) is 21.7. The topological polar surface area (TPSA) is 96.0 Å². The van der Waals surface area contributed by atoms with Gasteiger partial charge in [0.05, 0.1) is 17.2 Å². The molecule has 0 fully saturated rings. The molecular weight excluding hydrogens is 606 g/mol. The average molecular weight is 645 g/mol. The number of amides is 2. The van der Waals surface area contributed by atoms with Crippen LogP contribution in [0.4, 0.5) is 5.69 Å². The van der Waals surface area contributed by atoms with Crippen LogP contribution in [-0.2, 0) is 26.0 Å². The molecule has 0 bridgehead atoms. The third-order valence-corrected chi connectivity index (χ3v) is 8.91. The summed E-state index contributed by atoms with van der Waals surface area (Å²) >= 11 is 3.34. The molecule has 0 saturated carbocycles. The second kappa shape index (κ2) is 15.6. The first-order chi connectivity index (χ1) is 19.7. The van der Waals surface area contributed by atoms with E-state index in [9.17, 15) is 18.0 Å². The minimum Gasteiger partial charge on any atom is -0.494 e. The molecule has 2 amide bonds. The maximum absolute atomic E-state index is 13.9. The van der Waals surface area contributed by atoms with E-state index in [1.165, 1.54) is 17.0 Å². The summed E-state index contributed by atoms with van der Waals surface area (Å²) in [5, 5.41) is 2.90. The van der Waals surface area contributed by atoms with E-state index in [4.69, 9.17) is 4.74 Å². The van der Waals surface area contributed by atoms with Gasteiger partial charge in [-0.2, -0.15) is 0 Å². The Kier molecular flexibility index (Phi) is 12.2. The second-order valence-electron chi connectivity index (χ2n) is 9.54. The van der Waals surface area contributed by atoms with Gasteiger partial charge >= 0.3 is 0 Å². The summed E-state index contributed by atoms with van der Waals surface area (Å²) in [5.41, 5.74) is 1.32. The van der Waals surface area contributed by atoms with E-state index in [0.29, 0.717) is 31.0 Å². The lowest BCUT2D eigenvalue weighted by Crippen LogP contribution is -2.52. The van der Waals surface area contributed by atoms with Crippen molar-refractivity contribution in [2.75, 3.05) is 30.5 Å². The number of ether oxygens (including phenoxy) is 1. The van der Waals surface area contributed by atoms with Gasteiger partial charge in [0, 0.05) is 17.6 Å². The maximum atomic E-state index is 13.9. The van der Waals surface area contributed by atoms with Gasteiger partial charge in [-0.15, -0.1) is 0 Å². The minimum atomic E-state index is -4.13. The van der Waals surface area contributed by atoms with E-state index < -0.39 is 28.5 Å². The highest BCUT2D eigenvalue weighted by Crippen LogP contribution is 2.27. The zero-order chi connectivity index (χ0) is 29.8. The summed E-state index contributed by atoms with van der Waals surface area (Å²) in [4.78, 5) is 28.5. The number of unbranched alkanes of at least 4 members (excludes halogenated alkanes) is 1. The van der Waals surface area contributed by atoms with Crippen LogP contribution in [-0.4, -0.2) is 57.4 Å². The zero-order valence-corrected chi connectivity index (χ0v) is 26.2. The number of carbonyl (C=O) groups is 2. The third-order valence-electron chi connectivity index (χ3n) is 6.60. The molecule has 0 radical (unpaired) electrons. The van der Waals surface area contributed by atoms with Crippen molar-refractivity contribution in [3.8, 4) is 5.75 Å². The van der Waals surface area contributed by atoms with Gasteiger partial charge in [-0.3, -0.25) is 13.9 Å². The predicted molar refractivity (Wildman–Crippen MR) is 166 cm³/mol. The van der Waals surface area contributed by atoms with E-state index in [1.807, 2.05) is 44.2 Å². The first-order valence-corrected chi connectivity index (χ1v) is 16.0. The largest absolute Gasteiger partial charge is 0.494 e. The van der Waals surface area contributed by atoms with Crippen molar-refractivity contribution in [3.05, 3.63) is 88.9 Å². The van der Waals surface area contributed by atoms with E-state index in [2.05, 4.69) is 21.2 Å². The number of nitrogens with one attached hydrogen (secondary N) is 1. The van der Waals surface area contributed by atoms with Crippen LogP contribution < -0.4 is 14.4 Å². The van der Waals surface area contributed by atoms with Gasteiger partial charge in [0.1, 0.15) is 18.3 Å². The molecular formula is C31H38BrN3O5S. The second-order valence-corrected chi connectivity index (χ2v) is 12.3. The van der Waals surface area contributed by atoms with Gasteiger partial charge in [-0.1, -0.05) is 59.6 Å². The molecule has 1 atom stereocenters. The van der Waals surface area contributed by atoms with Crippen LogP contribution >= 0.6 is 15.9 Å². The van der Waals surface area contributed by atoms with Crippen molar-refractivity contribution < 1.29 is 22.7 Å². The highest BCUT2D eigenvalue weighted by Gasteiger charge is 2.32. The molecule has 10 heteroatoms. The Morgan fingerprint density at radius 2 is 1.61 bits per heavy atom. The Balaban J connectivity index is 1.95. The van der Waals surface area contributed by atoms with Crippen molar-refractivity contribution in [1.82, 2.24) is 10.2 Å². The number of rotatable bonds is 15. The first-order valence-electron chi connectivity index (χ1n) is 13.8. The molecule has 0 saturated heterocycles. The van der Waals surface area contributed by atoms with E-state index in [1.54, 1.807) is 43.3 Å². The standard InChI is InChI=1S/C31H38BrN3O5S/c1-4-6-21-33-31(37)24(3)34(22-20-25-10-8-7-9-11-25)30(36)23-35(27-14-16-28(17-15-27)40-5-2)41(38,39)29-18-12-26(32)13-19-29/h7-19,24H,4-6,20-23H2,1-3H3,(H,33,37)/t24-/m1/s1. The van der Waals surface area contributed by atoms with E-state index in [0.717, 1.165) is 27.2 Å². The smallest absolute Gasteiger partial charge is 0.264 e. The number of benzene rings is 3. The van der Waals surface area contributed by atoms with Gasteiger partial charge in [-0.05, 0) is 80.8 Å². The van der Waals surface area contributed by atoms with Gasteiger partial charge in [0.2, 0.25) is 11.8 Å². The normalized spacial score (nSPS) is 11.9. The highest BCUT2D eigenvalue weighted by molar-refractivity contribution is 9.10. The summed E-state index contributed by atoms with van der Waals surface area (Å²) in [5.74, 6) is -0.165. The zero-order valence-electron chi connectivity index (χ0n) is 23.8. The summed E-state index contributed by atoms with van der Waals surface area (Å²) in [6.07, 6.45) is 2.27. The molecule has 3 aromatic rings. The van der Waals surface area contributed by atoms with Gasteiger partial charge in [0.25, 0.3) is 10.0 Å². The lowest BCUT2D eigenvalue weighted by molar-refractivity contribution is -0.138. The number of carbonyl (C=O) groups excluding carboxylic acids is 2. The predicted octanol–water partition coefficient (Wildman–Crippen LogP) is 5.42. The summed E-state index contributed by atoms with van der Waals surface area (Å²) in [7, 11) is -4.13. The van der Waals surface area contributed by atoms with Crippen LogP contribution in [0, 0.1) is 0 Å². The average Bonchev–Trinajstić information content (AvgIpc) is 2.97. The van der Waals surface area contributed by atoms with Gasteiger partial charge < -0.3 is 15.0 Å². The molecule has 0 unspecified atom stereocenters. The fourth-order valence-corrected chi connectivity index (χ4v) is 5.92. The number of hydrogen-bond acceptors (Lipinski definition) is 5. The first kappa shape index (κ1) is 32.1. The molecule has 3 aromatic carbocycles. The van der Waals surface area contributed by atoms with E-state index in [-0.39, 0.29) is 17.3 Å². The number of hydrogen-bond donors (Lipinski definition) is 1. The van der Waals surface area contributed by atoms with Crippen LogP contribution in [0.15, 0.2) is 88.2 Å². The summed E-state index contributed by atoms with van der Waals surface area (Å²) < 4.78 is 35.1. The Labute approximate surface area is 251 Å². The molecule has 0 aliphatic rings. The Hall–Kier alpha value is -3.37. The summed E-state index contributed by atoms with van der Waals surface area (Å²) in [6.45, 7) is 6.32. The van der Waals surface area contributed by atoms with Crippen molar-refractivity contribution in [2.45, 2.75) is 51.0 Å². The third kappa shape index (κ3) is 9.06. The van der Waals surface area contributed by atoms with Crippen LogP contribution in [0.3, 0.4) is 0 Å². The molecule has 0 spiro atoms. The Morgan fingerprint density at radius 3 is 2.22 bits per heavy atom. The van der Waals surface area contributed by atoms with Gasteiger partial charge in [-0.25, -0.2) is 8.42 Å². The molecule has 3 rings (SSSR count). The number of anilines is 1. The monoisotopic (exact) mass is 643 g/mol. The van der Waals surface area contributed by atoms with Crippen molar-refractivity contribution in [2.24, 2.45) is 0 Å². The van der Waals surface area contributed by atoms with Crippen LogP contribution in [0.1, 0.15) is 39.2 Å². The lowest BCUT2D eigenvalue weighted by atomic mass is 10.1. The highest BCUT2D eigenvalue weighted by atomic mass is 79.9. The Morgan fingerprint density at radius 1 is 0.951 bits per heavy atom. The number of sulfonamides is 1. The molecule has 0 heterocycles. The number of halogens is 1. The van der Waals surface area contributed by atoms with Crippen LogP contribution in [0.5, 0.6) is 5.75 Å². The number of nitrogens with zero attached hydrogens (tertiary/aromatic N) is 2. The lowest BCUT2D eigenvalue weighted by Gasteiger charge is -2.32. The van der Waals surface area contributed by atoms with Gasteiger partial charge in [0.15, 0.2) is 0 Å². The molecule has 41 heavy (non-hydrogen) atoms. The SMILES string of the molecule is CCCCNC(=O)[C@@H](C)N(CCc1ccccc1)C(=O)CN(c1ccc(OCC)cc1)S(=O)(=O)c1ccc(Br)cc1. The molecule has 0 aliphatic carbocycles.